The molecular weight excluding hydrogens is 172 g/mol. The van der Waals surface area contributed by atoms with E-state index < -0.39 is 0 Å². The van der Waals surface area contributed by atoms with Crippen LogP contribution in [0.3, 0.4) is 0 Å². The highest BCUT2D eigenvalue weighted by molar-refractivity contribution is 5.05. The molecule has 0 bridgehead atoms. The van der Waals surface area contributed by atoms with Gasteiger partial charge in [0.15, 0.2) is 0 Å². The second-order valence-corrected chi connectivity index (χ2v) is 4.97. The maximum atomic E-state index is 5.92. The van der Waals surface area contributed by atoms with Gasteiger partial charge in [0.25, 0.3) is 0 Å². The van der Waals surface area contributed by atoms with Gasteiger partial charge in [-0.15, -0.1) is 0 Å². The monoisotopic (exact) mass is 196 g/mol. The van der Waals surface area contributed by atoms with Crippen LogP contribution in [0.1, 0.15) is 53.4 Å². The Labute approximate surface area is 88.5 Å². The predicted octanol–water partition coefficient (Wildman–Crippen LogP) is 3.94. The highest BCUT2D eigenvalue weighted by atomic mass is 16.5. The Bertz CT molecular complexity index is 203. The molecular formula is C13H24O. The van der Waals surface area contributed by atoms with Crippen LogP contribution in [-0.4, -0.2) is 12.2 Å². The molecule has 0 spiro atoms. The zero-order chi connectivity index (χ0) is 10.6. The standard InChI is InChI=1S/C13H24O/c1-5-10-14-13(3,4)12-8-6-11(2)7-9-12/h6,12H,5,7-10H2,1-4H3. The van der Waals surface area contributed by atoms with Gasteiger partial charge in [0.05, 0.1) is 5.60 Å². The van der Waals surface area contributed by atoms with Gasteiger partial charge in [-0.05, 0) is 52.4 Å². The van der Waals surface area contributed by atoms with E-state index in [9.17, 15) is 0 Å². The normalized spacial score (nSPS) is 23.4. The van der Waals surface area contributed by atoms with Gasteiger partial charge < -0.3 is 4.74 Å². The minimum atomic E-state index is 0.0627. The molecule has 1 rings (SSSR count). The number of hydrogen-bond donors (Lipinski definition) is 0. The first-order valence-electron chi connectivity index (χ1n) is 5.86. The van der Waals surface area contributed by atoms with E-state index in [4.69, 9.17) is 4.74 Å². The summed E-state index contributed by atoms with van der Waals surface area (Å²) in [6.07, 6.45) is 7.24. The summed E-state index contributed by atoms with van der Waals surface area (Å²) >= 11 is 0. The number of ether oxygens (including phenoxy) is 1. The molecule has 0 aromatic carbocycles. The molecule has 0 aromatic rings. The summed E-state index contributed by atoms with van der Waals surface area (Å²) < 4.78 is 5.92. The zero-order valence-corrected chi connectivity index (χ0v) is 10.1. The van der Waals surface area contributed by atoms with Crippen molar-refractivity contribution in [3.8, 4) is 0 Å². The summed E-state index contributed by atoms with van der Waals surface area (Å²) in [6.45, 7) is 9.77. The first-order chi connectivity index (χ1) is 6.56. The number of hydrogen-bond acceptors (Lipinski definition) is 1. The lowest BCUT2D eigenvalue weighted by Crippen LogP contribution is -2.35. The summed E-state index contributed by atoms with van der Waals surface area (Å²) in [7, 11) is 0. The molecule has 0 fully saturated rings. The van der Waals surface area contributed by atoms with Gasteiger partial charge >= 0.3 is 0 Å². The van der Waals surface area contributed by atoms with Crippen molar-refractivity contribution in [3.63, 3.8) is 0 Å². The minimum absolute atomic E-state index is 0.0627. The Morgan fingerprint density at radius 2 is 2.21 bits per heavy atom. The predicted molar refractivity (Wildman–Crippen MR) is 61.4 cm³/mol. The summed E-state index contributed by atoms with van der Waals surface area (Å²) in [5, 5.41) is 0. The summed E-state index contributed by atoms with van der Waals surface area (Å²) in [4.78, 5) is 0. The van der Waals surface area contributed by atoms with Gasteiger partial charge in [-0.2, -0.15) is 0 Å². The fourth-order valence-corrected chi connectivity index (χ4v) is 2.08. The Morgan fingerprint density at radius 3 is 2.71 bits per heavy atom. The molecule has 14 heavy (non-hydrogen) atoms. The van der Waals surface area contributed by atoms with Crippen LogP contribution in [0, 0.1) is 5.92 Å². The minimum Gasteiger partial charge on any atom is -0.375 e. The van der Waals surface area contributed by atoms with Crippen LogP contribution in [-0.2, 0) is 4.74 Å². The van der Waals surface area contributed by atoms with Crippen molar-refractivity contribution in [2.45, 2.75) is 59.0 Å². The van der Waals surface area contributed by atoms with Crippen LogP contribution in [0.2, 0.25) is 0 Å². The largest absolute Gasteiger partial charge is 0.375 e. The van der Waals surface area contributed by atoms with E-state index >= 15 is 0 Å². The summed E-state index contributed by atoms with van der Waals surface area (Å²) in [5.74, 6) is 0.706. The van der Waals surface area contributed by atoms with Crippen LogP contribution >= 0.6 is 0 Å². The molecule has 0 aliphatic heterocycles. The molecule has 0 N–H and O–H groups in total. The summed E-state index contributed by atoms with van der Waals surface area (Å²) in [5.41, 5.74) is 1.61. The molecule has 1 unspecified atom stereocenters. The molecule has 1 atom stereocenters. The molecule has 0 heterocycles. The molecule has 82 valence electrons. The van der Waals surface area contributed by atoms with Gasteiger partial charge in [0.2, 0.25) is 0 Å². The second kappa shape index (κ2) is 4.97. The summed E-state index contributed by atoms with van der Waals surface area (Å²) in [6, 6.07) is 0. The van der Waals surface area contributed by atoms with E-state index in [0.29, 0.717) is 5.92 Å². The fourth-order valence-electron chi connectivity index (χ4n) is 2.08. The Kier molecular flexibility index (Phi) is 4.18. The van der Waals surface area contributed by atoms with Crippen molar-refractivity contribution in [2.24, 2.45) is 5.92 Å². The SMILES string of the molecule is CCCOC(C)(C)C1CC=C(C)CC1. The van der Waals surface area contributed by atoms with Crippen molar-refractivity contribution in [1.29, 1.82) is 0 Å². The van der Waals surface area contributed by atoms with Gasteiger partial charge in [-0.1, -0.05) is 18.6 Å². The molecule has 0 radical (unpaired) electrons. The van der Waals surface area contributed by atoms with Gasteiger partial charge in [0, 0.05) is 6.61 Å². The van der Waals surface area contributed by atoms with Crippen molar-refractivity contribution in [3.05, 3.63) is 11.6 Å². The topological polar surface area (TPSA) is 9.23 Å². The molecule has 0 saturated heterocycles. The van der Waals surface area contributed by atoms with E-state index in [1.165, 1.54) is 19.3 Å². The molecule has 1 nitrogen and oxygen atoms in total. The van der Waals surface area contributed by atoms with Crippen LogP contribution in [0.4, 0.5) is 0 Å². The van der Waals surface area contributed by atoms with E-state index in [2.05, 4.69) is 33.8 Å². The smallest absolute Gasteiger partial charge is 0.0657 e. The van der Waals surface area contributed by atoms with E-state index in [-0.39, 0.29) is 5.60 Å². The highest BCUT2D eigenvalue weighted by Crippen LogP contribution is 2.33. The van der Waals surface area contributed by atoms with Crippen LogP contribution in [0.15, 0.2) is 11.6 Å². The first-order valence-corrected chi connectivity index (χ1v) is 5.86. The first kappa shape index (κ1) is 11.8. The zero-order valence-electron chi connectivity index (χ0n) is 10.1. The lowest BCUT2D eigenvalue weighted by atomic mass is 9.79. The Balaban J connectivity index is 2.47. The lowest BCUT2D eigenvalue weighted by Gasteiger charge is -2.36. The molecule has 0 saturated carbocycles. The van der Waals surface area contributed by atoms with Crippen LogP contribution < -0.4 is 0 Å². The molecule has 0 aromatic heterocycles. The average Bonchev–Trinajstić information content (AvgIpc) is 2.16. The van der Waals surface area contributed by atoms with Gasteiger partial charge in [0.1, 0.15) is 0 Å². The van der Waals surface area contributed by atoms with Gasteiger partial charge in [-0.3, -0.25) is 0 Å². The maximum absolute atomic E-state index is 5.92. The van der Waals surface area contributed by atoms with E-state index in [1.807, 2.05) is 0 Å². The Hall–Kier alpha value is -0.300. The van der Waals surface area contributed by atoms with E-state index in [1.54, 1.807) is 5.57 Å². The second-order valence-electron chi connectivity index (χ2n) is 4.97. The van der Waals surface area contributed by atoms with E-state index in [0.717, 1.165) is 13.0 Å². The third-order valence-electron chi connectivity index (χ3n) is 3.30. The number of rotatable bonds is 4. The fraction of sp³-hybridized carbons (Fsp3) is 0.846. The molecule has 0 amide bonds. The highest BCUT2D eigenvalue weighted by Gasteiger charge is 2.30. The van der Waals surface area contributed by atoms with Crippen molar-refractivity contribution >= 4 is 0 Å². The van der Waals surface area contributed by atoms with Crippen molar-refractivity contribution in [2.75, 3.05) is 6.61 Å². The van der Waals surface area contributed by atoms with Crippen LogP contribution in [0.5, 0.6) is 0 Å². The Morgan fingerprint density at radius 1 is 1.50 bits per heavy atom. The van der Waals surface area contributed by atoms with Crippen LogP contribution in [0.25, 0.3) is 0 Å². The number of allylic oxidation sites excluding steroid dienone is 2. The molecule has 1 aliphatic carbocycles. The third-order valence-corrected chi connectivity index (χ3v) is 3.30. The average molecular weight is 196 g/mol. The lowest BCUT2D eigenvalue weighted by molar-refractivity contribution is -0.0626. The molecule has 1 heteroatoms. The van der Waals surface area contributed by atoms with Crippen molar-refractivity contribution in [1.82, 2.24) is 0 Å². The quantitative estimate of drug-likeness (QED) is 0.619. The molecule has 1 aliphatic rings. The van der Waals surface area contributed by atoms with Gasteiger partial charge in [-0.25, -0.2) is 0 Å². The maximum Gasteiger partial charge on any atom is 0.0657 e. The third kappa shape index (κ3) is 3.13. The van der Waals surface area contributed by atoms with Crippen molar-refractivity contribution < 1.29 is 4.74 Å².